The molecule has 0 radical (unpaired) electrons. The molecular formula is C18H19N3O5. The maximum Gasteiger partial charge on any atom is 0.262 e. The van der Waals surface area contributed by atoms with Crippen LogP contribution in [0.15, 0.2) is 46.1 Å². The van der Waals surface area contributed by atoms with E-state index in [9.17, 15) is 9.59 Å². The SMILES string of the molecule is CC(C)[C@H](NC(=O)c1ccc2c(c1)OCO2)C(=O)N/N=C/c1ccco1. The smallest absolute Gasteiger partial charge is 0.262 e. The summed E-state index contributed by atoms with van der Waals surface area (Å²) in [5, 5.41) is 6.56. The van der Waals surface area contributed by atoms with Crippen LogP contribution < -0.4 is 20.2 Å². The lowest BCUT2D eigenvalue weighted by atomic mass is 10.0. The van der Waals surface area contributed by atoms with Gasteiger partial charge in [0.05, 0.1) is 12.5 Å². The monoisotopic (exact) mass is 357 g/mol. The van der Waals surface area contributed by atoms with Crippen LogP contribution in [-0.4, -0.2) is 30.9 Å². The van der Waals surface area contributed by atoms with Crippen LogP contribution in [0.2, 0.25) is 0 Å². The van der Waals surface area contributed by atoms with Crippen LogP contribution in [0.3, 0.4) is 0 Å². The summed E-state index contributed by atoms with van der Waals surface area (Å²) in [6, 6.07) is 7.54. The van der Waals surface area contributed by atoms with E-state index in [0.29, 0.717) is 22.8 Å². The largest absolute Gasteiger partial charge is 0.463 e. The van der Waals surface area contributed by atoms with Crippen molar-refractivity contribution in [3.63, 3.8) is 0 Å². The molecule has 2 N–H and O–H groups in total. The standard InChI is InChI=1S/C18H19N3O5/c1-11(2)16(18(23)21-19-9-13-4-3-7-24-13)20-17(22)12-5-6-14-15(8-12)26-10-25-14/h3-9,11,16H,10H2,1-2H3,(H,20,22)(H,21,23)/b19-9+/t16-/m0/s1. The molecule has 2 aromatic rings. The summed E-state index contributed by atoms with van der Waals surface area (Å²) in [6.07, 6.45) is 2.89. The number of furan rings is 1. The third-order valence-electron chi connectivity index (χ3n) is 3.78. The Morgan fingerprint density at radius 3 is 2.73 bits per heavy atom. The van der Waals surface area contributed by atoms with E-state index in [0.717, 1.165) is 0 Å². The van der Waals surface area contributed by atoms with Gasteiger partial charge in [0.1, 0.15) is 11.8 Å². The molecule has 26 heavy (non-hydrogen) atoms. The molecule has 2 amide bonds. The van der Waals surface area contributed by atoms with E-state index in [2.05, 4.69) is 15.8 Å². The van der Waals surface area contributed by atoms with Gasteiger partial charge in [0.15, 0.2) is 11.5 Å². The molecule has 136 valence electrons. The van der Waals surface area contributed by atoms with Gasteiger partial charge in [-0.25, -0.2) is 5.43 Å². The second-order valence-corrected chi connectivity index (χ2v) is 6.01. The molecule has 0 saturated heterocycles. The number of amides is 2. The Hall–Kier alpha value is -3.29. The molecule has 2 heterocycles. The lowest BCUT2D eigenvalue weighted by molar-refractivity contribution is -0.123. The first-order valence-corrected chi connectivity index (χ1v) is 8.11. The summed E-state index contributed by atoms with van der Waals surface area (Å²) in [5.74, 6) is 0.671. The van der Waals surface area contributed by atoms with Crippen molar-refractivity contribution < 1.29 is 23.5 Å². The third-order valence-corrected chi connectivity index (χ3v) is 3.78. The lowest BCUT2D eigenvalue weighted by Gasteiger charge is -2.20. The number of fused-ring (bicyclic) bond motifs is 1. The second kappa shape index (κ2) is 7.73. The van der Waals surface area contributed by atoms with Crippen LogP contribution in [0.4, 0.5) is 0 Å². The molecule has 1 aliphatic heterocycles. The van der Waals surface area contributed by atoms with E-state index >= 15 is 0 Å². The number of carbonyl (C=O) groups is 2. The van der Waals surface area contributed by atoms with Gasteiger partial charge < -0.3 is 19.2 Å². The van der Waals surface area contributed by atoms with E-state index in [4.69, 9.17) is 13.9 Å². The predicted molar refractivity (Wildman–Crippen MR) is 93.1 cm³/mol. The van der Waals surface area contributed by atoms with Gasteiger partial charge in [0.25, 0.3) is 11.8 Å². The Bertz CT molecular complexity index is 814. The number of hydrogen-bond donors (Lipinski definition) is 2. The van der Waals surface area contributed by atoms with Crippen molar-refractivity contribution in [3.8, 4) is 11.5 Å². The van der Waals surface area contributed by atoms with Gasteiger partial charge in [-0.1, -0.05) is 13.8 Å². The van der Waals surface area contributed by atoms with Crippen molar-refractivity contribution in [2.45, 2.75) is 19.9 Å². The van der Waals surface area contributed by atoms with Crippen LogP contribution in [0.1, 0.15) is 30.0 Å². The Balaban J connectivity index is 1.64. The van der Waals surface area contributed by atoms with E-state index in [1.165, 1.54) is 12.5 Å². The summed E-state index contributed by atoms with van der Waals surface area (Å²) in [4.78, 5) is 24.8. The van der Waals surface area contributed by atoms with Crippen molar-refractivity contribution >= 4 is 18.0 Å². The molecule has 0 unspecified atom stereocenters. The first-order chi connectivity index (χ1) is 12.5. The highest BCUT2D eigenvalue weighted by atomic mass is 16.7. The first-order valence-electron chi connectivity index (χ1n) is 8.11. The Labute approximate surface area is 150 Å². The molecule has 0 spiro atoms. The van der Waals surface area contributed by atoms with Crippen molar-refractivity contribution in [2.75, 3.05) is 6.79 Å². The van der Waals surface area contributed by atoms with Gasteiger partial charge in [-0.2, -0.15) is 5.10 Å². The average Bonchev–Trinajstić information content (AvgIpc) is 3.29. The van der Waals surface area contributed by atoms with Crippen LogP contribution >= 0.6 is 0 Å². The Kier molecular flexibility index (Phi) is 5.21. The zero-order valence-electron chi connectivity index (χ0n) is 14.4. The summed E-state index contributed by atoms with van der Waals surface area (Å²) >= 11 is 0. The van der Waals surface area contributed by atoms with Crippen LogP contribution in [-0.2, 0) is 4.79 Å². The normalized spacial score (nSPS) is 13.8. The molecule has 8 nitrogen and oxygen atoms in total. The fraction of sp³-hybridized carbons (Fsp3) is 0.278. The van der Waals surface area contributed by atoms with Gasteiger partial charge in [-0.15, -0.1) is 0 Å². The van der Waals surface area contributed by atoms with Gasteiger partial charge >= 0.3 is 0 Å². The fourth-order valence-electron chi connectivity index (χ4n) is 2.39. The van der Waals surface area contributed by atoms with Gasteiger partial charge in [0.2, 0.25) is 6.79 Å². The summed E-state index contributed by atoms with van der Waals surface area (Å²) < 4.78 is 15.6. The van der Waals surface area contributed by atoms with Crippen LogP contribution in [0.25, 0.3) is 0 Å². The Morgan fingerprint density at radius 1 is 1.19 bits per heavy atom. The molecular weight excluding hydrogens is 338 g/mol. The Morgan fingerprint density at radius 2 is 2.00 bits per heavy atom. The zero-order chi connectivity index (χ0) is 18.5. The number of nitrogens with zero attached hydrogens (tertiary/aromatic N) is 1. The average molecular weight is 357 g/mol. The number of ether oxygens (including phenoxy) is 2. The van der Waals surface area contributed by atoms with E-state index < -0.39 is 11.9 Å². The molecule has 0 bridgehead atoms. The van der Waals surface area contributed by atoms with Crippen LogP contribution in [0, 0.1) is 5.92 Å². The molecule has 1 atom stereocenters. The highest BCUT2D eigenvalue weighted by Gasteiger charge is 2.25. The molecule has 3 rings (SSSR count). The minimum absolute atomic E-state index is 0.130. The topological polar surface area (TPSA) is 102 Å². The number of nitrogens with one attached hydrogen (secondary N) is 2. The van der Waals surface area contributed by atoms with E-state index in [-0.39, 0.29) is 18.6 Å². The number of hydrazone groups is 1. The number of rotatable bonds is 6. The molecule has 1 aromatic carbocycles. The van der Waals surface area contributed by atoms with E-state index in [1.807, 2.05) is 13.8 Å². The molecule has 0 fully saturated rings. The maximum absolute atomic E-state index is 12.5. The zero-order valence-corrected chi connectivity index (χ0v) is 14.4. The minimum atomic E-state index is -0.748. The summed E-state index contributed by atoms with van der Waals surface area (Å²) in [5.41, 5.74) is 2.79. The van der Waals surface area contributed by atoms with Crippen molar-refractivity contribution in [2.24, 2.45) is 11.0 Å². The molecule has 8 heteroatoms. The van der Waals surface area contributed by atoms with E-state index in [1.54, 1.807) is 30.3 Å². The summed E-state index contributed by atoms with van der Waals surface area (Å²) in [6.45, 7) is 3.80. The third kappa shape index (κ3) is 4.02. The summed E-state index contributed by atoms with van der Waals surface area (Å²) in [7, 11) is 0. The highest BCUT2D eigenvalue weighted by molar-refractivity contribution is 5.98. The number of carbonyl (C=O) groups excluding carboxylic acids is 2. The van der Waals surface area contributed by atoms with Crippen LogP contribution in [0.5, 0.6) is 11.5 Å². The maximum atomic E-state index is 12.5. The van der Waals surface area contributed by atoms with Gasteiger partial charge in [0, 0.05) is 5.56 Å². The highest BCUT2D eigenvalue weighted by Crippen LogP contribution is 2.32. The second-order valence-electron chi connectivity index (χ2n) is 6.01. The molecule has 0 saturated carbocycles. The number of hydrogen-bond acceptors (Lipinski definition) is 6. The first kappa shape index (κ1) is 17.5. The number of benzene rings is 1. The van der Waals surface area contributed by atoms with Crippen molar-refractivity contribution in [3.05, 3.63) is 47.9 Å². The van der Waals surface area contributed by atoms with Gasteiger partial charge in [-0.3, -0.25) is 9.59 Å². The van der Waals surface area contributed by atoms with Gasteiger partial charge in [-0.05, 0) is 36.2 Å². The fourth-order valence-corrected chi connectivity index (χ4v) is 2.39. The van der Waals surface area contributed by atoms with Crippen molar-refractivity contribution in [1.82, 2.24) is 10.7 Å². The quantitative estimate of drug-likeness (QED) is 0.607. The minimum Gasteiger partial charge on any atom is -0.463 e. The molecule has 1 aliphatic rings. The predicted octanol–water partition coefficient (Wildman–Crippen LogP) is 1.91. The van der Waals surface area contributed by atoms with Crippen molar-refractivity contribution in [1.29, 1.82) is 0 Å². The lowest BCUT2D eigenvalue weighted by Crippen LogP contribution is -2.48. The molecule has 0 aliphatic carbocycles. The molecule has 1 aromatic heterocycles.